The van der Waals surface area contributed by atoms with E-state index in [4.69, 9.17) is 0 Å². The molecule has 0 spiro atoms. The van der Waals surface area contributed by atoms with Gasteiger partial charge in [-0.15, -0.1) is 18.5 Å². The fourth-order valence-electron chi connectivity index (χ4n) is 5.32. The van der Waals surface area contributed by atoms with Crippen LogP contribution in [0.25, 0.3) is 22.2 Å². The Morgan fingerprint density at radius 3 is 2.54 bits per heavy atom. The highest BCUT2D eigenvalue weighted by Crippen LogP contribution is 2.34. The van der Waals surface area contributed by atoms with Crippen LogP contribution in [0.1, 0.15) is 42.7 Å². The zero-order chi connectivity index (χ0) is 29.5. The van der Waals surface area contributed by atoms with E-state index in [9.17, 15) is 27.2 Å². The predicted molar refractivity (Wildman–Crippen MR) is 161 cm³/mol. The second kappa shape index (κ2) is 11.8. The Labute approximate surface area is 238 Å². The van der Waals surface area contributed by atoms with Crippen molar-refractivity contribution in [1.82, 2.24) is 24.7 Å². The van der Waals surface area contributed by atoms with Crippen molar-refractivity contribution < 1.29 is 17.6 Å². The first kappa shape index (κ1) is 29.7. The molecule has 4 aromatic rings. The lowest BCUT2D eigenvalue weighted by Crippen LogP contribution is -2.34. The number of nitrogens with one attached hydrogen (secondary N) is 2. The van der Waals surface area contributed by atoms with Crippen LogP contribution in [0.5, 0.6) is 0 Å². The van der Waals surface area contributed by atoms with Crippen molar-refractivity contribution in [2.45, 2.75) is 50.4 Å². The molecule has 0 amide bonds. The fraction of sp³-hybridized carbons (Fsp3) is 0.346. The van der Waals surface area contributed by atoms with E-state index >= 15 is 0 Å². The maximum atomic E-state index is 13.6. The molecule has 0 aliphatic heterocycles. The summed E-state index contributed by atoms with van der Waals surface area (Å²) in [6, 6.07) is 3.36. The summed E-state index contributed by atoms with van der Waals surface area (Å²) in [6.07, 6.45) is 3.47. The molecule has 216 valence electrons. The van der Waals surface area contributed by atoms with Crippen LogP contribution >= 0.6 is 27.7 Å². The number of hydrogen-bond donors (Lipinski definition) is 2. The molecule has 2 N–H and O–H groups in total. The monoisotopic (exact) mass is 624 g/mol. The van der Waals surface area contributed by atoms with Crippen molar-refractivity contribution in [3.05, 3.63) is 68.8 Å². The first-order chi connectivity index (χ1) is 19.4. The molecule has 0 bridgehead atoms. The number of aromatic nitrogens is 5. The lowest BCUT2D eigenvalue weighted by atomic mass is 9.85. The van der Waals surface area contributed by atoms with Crippen molar-refractivity contribution in [1.29, 1.82) is 0 Å². The quantitative estimate of drug-likeness (QED) is 0.248. The second-order valence-electron chi connectivity index (χ2n) is 10.1. The molecule has 1 aromatic carbocycles. The van der Waals surface area contributed by atoms with Crippen LogP contribution in [0.3, 0.4) is 0 Å². The van der Waals surface area contributed by atoms with Gasteiger partial charge in [-0.1, -0.05) is 15.7 Å². The van der Waals surface area contributed by atoms with E-state index < -0.39 is 23.2 Å². The van der Waals surface area contributed by atoms with Gasteiger partial charge in [0.25, 0.3) is 11.1 Å². The highest BCUT2D eigenvalue weighted by molar-refractivity contribution is 7.37. The van der Waals surface area contributed by atoms with Gasteiger partial charge in [0, 0.05) is 42.3 Å². The van der Waals surface area contributed by atoms with Gasteiger partial charge in [0.1, 0.15) is 11.5 Å². The van der Waals surface area contributed by atoms with Crippen LogP contribution in [0.15, 0.2) is 46.5 Å². The van der Waals surface area contributed by atoms with Crippen molar-refractivity contribution in [3.8, 4) is 11.4 Å². The molecular weight excluding hydrogens is 597 g/mol. The molecule has 1 fully saturated rings. The highest BCUT2D eigenvalue weighted by Gasteiger charge is 2.38. The van der Waals surface area contributed by atoms with Gasteiger partial charge >= 0.3 is 6.18 Å². The summed E-state index contributed by atoms with van der Waals surface area (Å²) in [4.78, 5) is 34.0. The summed E-state index contributed by atoms with van der Waals surface area (Å²) in [6.45, 7) is 0.398. The SMILES string of the molecule is O=c1[nH]ncc(N[C@H]2CCC[C@@H](Cn3ccc4cc(-c5ncc(C(F)P)cn5)c(P)c(P)c4c3=O)C2)c1C(F)(F)F. The Morgan fingerprint density at radius 1 is 1.12 bits per heavy atom. The van der Waals surface area contributed by atoms with E-state index in [2.05, 4.69) is 48.1 Å². The van der Waals surface area contributed by atoms with Crippen LogP contribution in [-0.4, -0.2) is 30.8 Å². The van der Waals surface area contributed by atoms with Crippen LogP contribution in [-0.2, 0) is 12.7 Å². The van der Waals surface area contributed by atoms with Crippen LogP contribution in [0.2, 0.25) is 0 Å². The molecular formula is C26H27F4N6O2P3. The minimum Gasteiger partial charge on any atom is -0.380 e. The largest absolute Gasteiger partial charge is 0.423 e. The van der Waals surface area contributed by atoms with Gasteiger partial charge in [0.2, 0.25) is 0 Å². The molecule has 15 heteroatoms. The molecule has 3 aromatic heterocycles. The Bertz CT molecular complexity index is 1710. The highest BCUT2D eigenvalue weighted by atomic mass is 31.0. The molecule has 1 aliphatic carbocycles. The number of pyridine rings is 1. The zero-order valence-corrected chi connectivity index (χ0v) is 25.0. The normalized spacial score (nSPS) is 18.4. The fourth-order valence-corrected chi connectivity index (χ4v) is 6.29. The number of rotatable bonds is 6. The number of fused-ring (bicyclic) bond motifs is 1. The third kappa shape index (κ3) is 6.20. The van der Waals surface area contributed by atoms with Gasteiger partial charge < -0.3 is 9.88 Å². The molecule has 1 aliphatic rings. The van der Waals surface area contributed by atoms with Gasteiger partial charge in [0.05, 0.1) is 17.3 Å². The molecule has 4 unspecified atom stereocenters. The van der Waals surface area contributed by atoms with E-state index in [0.717, 1.165) is 24.3 Å². The standard InChI is InChI=1S/C26H27F4N6O2P3/c27-22(41)14-8-31-23(32-9-14)16-7-13-4-5-36(25(38)18(13)21(40)20(16)39)11-12-2-1-3-15(6-12)34-17-10-33-35-24(37)19(17)26(28,29)30/h4-5,7-10,12,15,22H,1-3,6,11,39-41H2,(H2,34,35,37)/t12-,15+,22?/m1/s1. The lowest BCUT2D eigenvalue weighted by molar-refractivity contribution is -0.138. The van der Waals surface area contributed by atoms with Gasteiger partial charge in [-0.05, 0) is 53.3 Å². The third-order valence-electron chi connectivity index (χ3n) is 7.32. The number of anilines is 1. The molecule has 0 saturated heterocycles. The molecule has 6 atom stereocenters. The summed E-state index contributed by atoms with van der Waals surface area (Å²) >= 11 is 0. The zero-order valence-electron chi connectivity index (χ0n) is 21.6. The molecule has 3 heterocycles. The summed E-state index contributed by atoms with van der Waals surface area (Å²) in [5, 5.41) is 10.9. The summed E-state index contributed by atoms with van der Waals surface area (Å²) in [7, 11) is 7.29. The number of H-pyrrole nitrogens is 1. The van der Waals surface area contributed by atoms with Gasteiger partial charge in [-0.3, -0.25) is 9.59 Å². The summed E-state index contributed by atoms with van der Waals surface area (Å²) in [5.41, 5.74) is -2.07. The summed E-state index contributed by atoms with van der Waals surface area (Å²) < 4.78 is 55.6. The predicted octanol–water partition coefficient (Wildman–Crippen LogP) is 4.08. The van der Waals surface area contributed by atoms with Gasteiger partial charge in [-0.25, -0.2) is 19.5 Å². The van der Waals surface area contributed by atoms with Crippen LogP contribution < -0.4 is 27.0 Å². The number of nitrogens with zero attached hydrogens (tertiary/aromatic N) is 4. The second-order valence-corrected chi connectivity index (χ2v) is 11.8. The molecule has 8 nitrogen and oxygen atoms in total. The average Bonchev–Trinajstić information content (AvgIpc) is 2.91. The van der Waals surface area contributed by atoms with Crippen LogP contribution in [0, 0.1) is 5.92 Å². The number of hydrogen-bond acceptors (Lipinski definition) is 6. The molecule has 41 heavy (non-hydrogen) atoms. The Morgan fingerprint density at radius 2 is 1.85 bits per heavy atom. The third-order valence-corrected chi connectivity index (χ3v) is 9.25. The smallest absolute Gasteiger partial charge is 0.380 e. The van der Waals surface area contributed by atoms with E-state index in [-0.39, 0.29) is 23.2 Å². The van der Waals surface area contributed by atoms with Crippen molar-refractivity contribution >= 4 is 54.8 Å². The van der Waals surface area contributed by atoms with Crippen LogP contribution in [0.4, 0.5) is 23.2 Å². The number of halogens is 4. The van der Waals surface area contributed by atoms with E-state index in [1.54, 1.807) is 10.8 Å². The summed E-state index contributed by atoms with van der Waals surface area (Å²) in [5.74, 6) is -0.824. The van der Waals surface area contributed by atoms with E-state index in [1.807, 2.05) is 17.2 Å². The Kier molecular flexibility index (Phi) is 8.56. The average molecular weight is 624 g/mol. The number of benzene rings is 1. The number of aromatic amines is 1. The Balaban J connectivity index is 1.38. The topological polar surface area (TPSA) is 106 Å². The molecule has 0 radical (unpaired) electrons. The maximum absolute atomic E-state index is 13.6. The van der Waals surface area contributed by atoms with Gasteiger partial charge in [0.15, 0.2) is 5.82 Å². The minimum atomic E-state index is -4.82. The van der Waals surface area contributed by atoms with E-state index in [0.29, 0.717) is 52.4 Å². The lowest BCUT2D eigenvalue weighted by Gasteiger charge is -2.31. The van der Waals surface area contributed by atoms with Crippen molar-refractivity contribution in [2.75, 3.05) is 5.32 Å². The molecule has 1 saturated carbocycles. The minimum absolute atomic E-state index is 0.0337. The first-order valence-corrected chi connectivity index (χ1v) is 14.6. The number of alkyl halides is 4. The van der Waals surface area contributed by atoms with E-state index in [1.165, 1.54) is 12.4 Å². The molecule has 5 rings (SSSR count). The van der Waals surface area contributed by atoms with Crippen molar-refractivity contribution in [2.24, 2.45) is 5.92 Å². The first-order valence-electron chi connectivity index (χ1n) is 12.8. The Hall–Kier alpha value is -2.80. The maximum Gasteiger partial charge on any atom is 0.423 e. The van der Waals surface area contributed by atoms with Crippen molar-refractivity contribution in [3.63, 3.8) is 0 Å². The van der Waals surface area contributed by atoms with Gasteiger partial charge in [-0.2, -0.15) is 18.3 Å².